The quantitative estimate of drug-likeness (QED) is 0.386. The molecule has 39 heavy (non-hydrogen) atoms. The minimum atomic E-state index is -0.946. The van der Waals surface area contributed by atoms with Gasteiger partial charge in [0.15, 0.2) is 11.4 Å². The molecule has 2 N–H and O–H groups in total. The monoisotopic (exact) mass is 528 g/mol. The first-order chi connectivity index (χ1) is 18.9. The standard InChI is InChI=1S/C29H32N6O4/c1-18-30-26-22-5-3-4-6-24(22)39-27(26)28(31-18)35-17-19(15-23(35)29(37)38)16-25(36)32-20-7-9-21(10-8-20)34-13-11-33(2)12-14-34/h3-10,19,23H,11-17H2,1-2H3,(H,32,36)(H,37,38)/t19-,23+/m1/s1. The Bertz CT molecular complexity index is 1530. The Morgan fingerprint density at radius 3 is 2.54 bits per heavy atom. The molecule has 4 aromatic rings. The second kappa shape index (κ2) is 10.2. The molecular weight excluding hydrogens is 496 g/mol. The number of carboxylic acid groups (broad SMARTS) is 1. The van der Waals surface area contributed by atoms with E-state index in [1.165, 1.54) is 0 Å². The van der Waals surface area contributed by atoms with E-state index < -0.39 is 12.0 Å². The summed E-state index contributed by atoms with van der Waals surface area (Å²) in [5, 5.41) is 13.9. The summed E-state index contributed by atoms with van der Waals surface area (Å²) in [5.41, 5.74) is 3.69. The van der Waals surface area contributed by atoms with Gasteiger partial charge in [0.25, 0.3) is 0 Å². The molecule has 0 radical (unpaired) electrons. The van der Waals surface area contributed by atoms with Crippen molar-refractivity contribution in [3.8, 4) is 0 Å². The van der Waals surface area contributed by atoms with Crippen LogP contribution in [0.4, 0.5) is 17.2 Å². The van der Waals surface area contributed by atoms with Gasteiger partial charge >= 0.3 is 5.97 Å². The molecule has 0 unspecified atom stereocenters. The summed E-state index contributed by atoms with van der Waals surface area (Å²) in [6, 6.07) is 14.7. The second-order valence-corrected chi connectivity index (χ2v) is 10.6. The Labute approximate surface area is 226 Å². The van der Waals surface area contributed by atoms with Crippen molar-refractivity contribution in [2.45, 2.75) is 25.8 Å². The Kier molecular flexibility index (Phi) is 6.56. The number of nitrogens with zero attached hydrogens (tertiary/aromatic N) is 5. The summed E-state index contributed by atoms with van der Waals surface area (Å²) < 4.78 is 6.09. The minimum absolute atomic E-state index is 0.133. The zero-order valence-corrected chi connectivity index (χ0v) is 22.1. The van der Waals surface area contributed by atoms with Crippen molar-refractivity contribution in [1.29, 1.82) is 0 Å². The van der Waals surface area contributed by atoms with Gasteiger partial charge in [0, 0.05) is 55.9 Å². The fourth-order valence-electron chi connectivity index (χ4n) is 5.71. The van der Waals surface area contributed by atoms with Crippen LogP contribution in [0, 0.1) is 12.8 Å². The van der Waals surface area contributed by atoms with Gasteiger partial charge in [-0.25, -0.2) is 14.8 Å². The van der Waals surface area contributed by atoms with Crippen molar-refractivity contribution in [3.63, 3.8) is 0 Å². The molecule has 2 atom stereocenters. The molecule has 0 bridgehead atoms. The first-order valence-corrected chi connectivity index (χ1v) is 13.3. The Balaban J connectivity index is 1.17. The Morgan fingerprint density at radius 1 is 1.05 bits per heavy atom. The zero-order chi connectivity index (χ0) is 27.1. The number of carboxylic acids is 1. The molecule has 2 aromatic carbocycles. The molecule has 2 aliphatic heterocycles. The lowest BCUT2D eigenvalue weighted by Crippen LogP contribution is -2.44. The van der Waals surface area contributed by atoms with Crippen molar-refractivity contribution in [1.82, 2.24) is 14.9 Å². The number of amides is 1. The van der Waals surface area contributed by atoms with Gasteiger partial charge in [-0.3, -0.25) is 4.79 Å². The number of furan rings is 1. The number of aromatic nitrogens is 2. The maximum absolute atomic E-state index is 13.0. The lowest BCUT2D eigenvalue weighted by atomic mass is 10.0. The normalized spacial score (nSPS) is 20.2. The lowest BCUT2D eigenvalue weighted by molar-refractivity contribution is -0.138. The predicted molar refractivity (Wildman–Crippen MR) is 150 cm³/mol. The van der Waals surface area contributed by atoms with E-state index in [2.05, 4.69) is 32.1 Å². The van der Waals surface area contributed by atoms with E-state index in [-0.39, 0.29) is 18.2 Å². The summed E-state index contributed by atoms with van der Waals surface area (Å²) in [6.45, 7) is 6.20. The highest BCUT2D eigenvalue weighted by Gasteiger charge is 2.40. The molecular formula is C29H32N6O4. The molecule has 10 heteroatoms. The van der Waals surface area contributed by atoms with Gasteiger partial charge in [0.1, 0.15) is 23.0 Å². The number of nitrogens with one attached hydrogen (secondary N) is 1. The van der Waals surface area contributed by atoms with Gasteiger partial charge in [0.2, 0.25) is 5.91 Å². The molecule has 2 aromatic heterocycles. The highest BCUT2D eigenvalue weighted by Crippen LogP contribution is 2.37. The van der Waals surface area contributed by atoms with Crippen molar-refractivity contribution in [2.75, 3.05) is 54.9 Å². The Morgan fingerprint density at radius 2 is 1.79 bits per heavy atom. The fourth-order valence-corrected chi connectivity index (χ4v) is 5.71. The van der Waals surface area contributed by atoms with Crippen LogP contribution < -0.4 is 15.1 Å². The van der Waals surface area contributed by atoms with Crippen LogP contribution in [-0.4, -0.2) is 77.7 Å². The van der Waals surface area contributed by atoms with Gasteiger partial charge in [-0.1, -0.05) is 12.1 Å². The number of fused-ring (bicyclic) bond motifs is 3. The van der Waals surface area contributed by atoms with Crippen LogP contribution in [0.3, 0.4) is 0 Å². The van der Waals surface area contributed by atoms with E-state index in [0.29, 0.717) is 41.3 Å². The third-order valence-electron chi connectivity index (χ3n) is 7.75. The topological polar surface area (TPSA) is 115 Å². The predicted octanol–water partition coefficient (Wildman–Crippen LogP) is 3.74. The number of rotatable bonds is 6. The summed E-state index contributed by atoms with van der Waals surface area (Å²) in [6.07, 6.45) is 0.559. The zero-order valence-electron chi connectivity index (χ0n) is 22.1. The van der Waals surface area contributed by atoms with Crippen LogP contribution in [0.1, 0.15) is 18.7 Å². The van der Waals surface area contributed by atoms with E-state index in [4.69, 9.17) is 4.42 Å². The molecule has 4 heterocycles. The van der Waals surface area contributed by atoms with Crippen LogP contribution in [0.15, 0.2) is 52.9 Å². The Hall–Kier alpha value is -4.18. The van der Waals surface area contributed by atoms with E-state index in [0.717, 1.165) is 42.9 Å². The number of aliphatic carboxylic acids is 1. The van der Waals surface area contributed by atoms with Gasteiger partial charge in [-0.15, -0.1) is 0 Å². The molecule has 0 saturated carbocycles. The number of carbonyl (C=O) groups is 2. The summed E-state index contributed by atoms with van der Waals surface area (Å²) in [7, 11) is 2.13. The van der Waals surface area contributed by atoms with Crippen molar-refractivity contribution >= 4 is 51.1 Å². The summed E-state index contributed by atoms with van der Waals surface area (Å²) in [4.78, 5) is 40.8. The second-order valence-electron chi connectivity index (χ2n) is 10.6. The van der Waals surface area contributed by atoms with Gasteiger partial charge in [-0.05, 0) is 62.7 Å². The van der Waals surface area contributed by atoms with Crippen molar-refractivity contribution in [2.24, 2.45) is 5.92 Å². The maximum atomic E-state index is 13.0. The van der Waals surface area contributed by atoms with Gasteiger partial charge in [0.05, 0.1) is 0 Å². The minimum Gasteiger partial charge on any atom is -0.480 e. The van der Waals surface area contributed by atoms with E-state index in [9.17, 15) is 14.7 Å². The van der Waals surface area contributed by atoms with Crippen LogP contribution in [0.2, 0.25) is 0 Å². The van der Waals surface area contributed by atoms with E-state index in [1.54, 1.807) is 11.8 Å². The van der Waals surface area contributed by atoms with Crippen molar-refractivity contribution < 1.29 is 19.1 Å². The average Bonchev–Trinajstić information content (AvgIpc) is 3.51. The number of anilines is 3. The fraction of sp³-hybridized carbons (Fsp3) is 0.379. The maximum Gasteiger partial charge on any atom is 0.326 e. The van der Waals surface area contributed by atoms with Crippen LogP contribution in [0.25, 0.3) is 22.1 Å². The van der Waals surface area contributed by atoms with Gasteiger partial charge in [-0.2, -0.15) is 0 Å². The highest BCUT2D eigenvalue weighted by atomic mass is 16.4. The first kappa shape index (κ1) is 25.1. The third-order valence-corrected chi connectivity index (χ3v) is 7.75. The highest BCUT2D eigenvalue weighted by molar-refractivity contribution is 6.06. The number of piperazine rings is 1. The van der Waals surface area contributed by atoms with Crippen LogP contribution in [-0.2, 0) is 9.59 Å². The smallest absolute Gasteiger partial charge is 0.326 e. The molecule has 0 aliphatic carbocycles. The molecule has 6 rings (SSSR count). The molecule has 2 fully saturated rings. The third kappa shape index (κ3) is 4.99. The molecule has 2 saturated heterocycles. The number of carbonyl (C=O) groups excluding carboxylic acids is 1. The molecule has 202 valence electrons. The van der Waals surface area contributed by atoms with Crippen LogP contribution in [0.5, 0.6) is 0 Å². The molecule has 1 amide bonds. The number of aryl methyl sites for hydroxylation is 1. The first-order valence-electron chi connectivity index (χ1n) is 13.3. The van der Waals surface area contributed by atoms with E-state index >= 15 is 0 Å². The summed E-state index contributed by atoms with van der Waals surface area (Å²) >= 11 is 0. The average molecular weight is 529 g/mol. The number of hydrogen-bond donors (Lipinski definition) is 2. The van der Waals surface area contributed by atoms with Gasteiger partial charge < -0.3 is 29.5 Å². The molecule has 2 aliphatic rings. The molecule has 10 nitrogen and oxygen atoms in total. The number of likely N-dealkylation sites (N-methyl/N-ethyl adjacent to an activating group) is 1. The van der Waals surface area contributed by atoms with E-state index in [1.807, 2.05) is 48.5 Å². The SMILES string of the molecule is Cc1nc(N2C[C@@H](CC(=O)Nc3ccc(N4CCN(C)CC4)cc3)C[C@H]2C(=O)O)c2oc3ccccc3c2n1. The number of benzene rings is 2. The number of para-hydroxylation sites is 1. The molecule has 0 spiro atoms. The van der Waals surface area contributed by atoms with Crippen LogP contribution >= 0.6 is 0 Å². The lowest BCUT2D eigenvalue weighted by Gasteiger charge is -2.34. The largest absolute Gasteiger partial charge is 0.480 e. The van der Waals surface area contributed by atoms with Crippen molar-refractivity contribution in [3.05, 3.63) is 54.4 Å². The summed E-state index contributed by atoms with van der Waals surface area (Å²) in [5.74, 6) is -0.229. The number of hydrogen-bond acceptors (Lipinski definition) is 8.